The highest BCUT2D eigenvalue weighted by Gasteiger charge is 2.32. The van der Waals surface area contributed by atoms with Crippen LogP contribution in [0.2, 0.25) is 0 Å². The highest BCUT2D eigenvalue weighted by Crippen LogP contribution is 2.35. The smallest absolute Gasteiger partial charge is 0.219 e. The molecule has 0 radical (unpaired) electrons. The Morgan fingerprint density at radius 3 is 1.35 bits per heavy atom. The van der Waals surface area contributed by atoms with Gasteiger partial charge in [0, 0.05) is 59.4 Å². The molecule has 0 atom stereocenters. The Balaban J connectivity index is 0.960. The van der Waals surface area contributed by atoms with Crippen LogP contribution in [0.3, 0.4) is 0 Å². The van der Waals surface area contributed by atoms with E-state index in [1.165, 1.54) is 12.1 Å². The van der Waals surface area contributed by atoms with E-state index in [-0.39, 0.29) is 68.7 Å². The van der Waals surface area contributed by atoms with Crippen molar-refractivity contribution in [1.82, 2.24) is 16.0 Å². The van der Waals surface area contributed by atoms with Crippen LogP contribution >= 0.6 is 0 Å². The summed E-state index contributed by atoms with van der Waals surface area (Å²) < 4.78 is 0. The van der Waals surface area contributed by atoms with Crippen molar-refractivity contribution >= 4 is 34.9 Å². The Morgan fingerprint density at radius 1 is 0.529 bits per heavy atom. The number of amides is 2. The lowest BCUT2D eigenvalue weighted by atomic mass is 9.82. The first kappa shape index (κ1) is 38.9. The normalized spacial score (nSPS) is 14.2. The van der Waals surface area contributed by atoms with Gasteiger partial charge in [0.25, 0.3) is 0 Å². The molecule has 5 N–H and O–H groups in total. The van der Waals surface area contributed by atoms with Crippen molar-refractivity contribution in [3.63, 3.8) is 0 Å². The summed E-state index contributed by atoms with van der Waals surface area (Å²) in [6.07, 6.45) is 7.36. The van der Waals surface area contributed by atoms with Gasteiger partial charge in [0.15, 0.2) is 23.1 Å². The van der Waals surface area contributed by atoms with Crippen molar-refractivity contribution in [3.8, 4) is 11.5 Å². The lowest BCUT2D eigenvalue weighted by Gasteiger charge is -2.19. The molecule has 272 valence electrons. The number of nitrogens with one attached hydrogen (secondary N) is 3. The second-order valence-electron chi connectivity index (χ2n) is 13.2. The van der Waals surface area contributed by atoms with Crippen LogP contribution in [0.5, 0.6) is 11.5 Å². The van der Waals surface area contributed by atoms with Crippen molar-refractivity contribution in [2.75, 3.05) is 26.2 Å². The average molecular weight is 700 g/mol. The standard InChI is InChI=1S/C40H49N3O8/c1-25-27(39(50)35-29(37(25)48)15-9-17-31(35)44)13-5-3-7-19-33(46)42-23-11-21-41-22-12-24-43-34(47)20-8-4-6-14-28-26(2)38(49)30-16-10-18-32(45)36(30)40(28)51/h9-10,15-18,41,44-45H,3-8,11-14,19-24H2,1-2H3,(H,42,46)(H,43,47). The Bertz CT molecular complexity index is 1610. The molecule has 0 fully saturated rings. The summed E-state index contributed by atoms with van der Waals surface area (Å²) in [6.45, 7) is 5.90. The minimum atomic E-state index is -0.296. The zero-order valence-corrected chi connectivity index (χ0v) is 29.6. The zero-order chi connectivity index (χ0) is 36.9. The highest BCUT2D eigenvalue weighted by molar-refractivity contribution is 6.28. The number of carbonyl (C=O) groups excluding carboxylic acids is 6. The first-order chi connectivity index (χ1) is 24.5. The number of hydrogen-bond donors (Lipinski definition) is 5. The van der Waals surface area contributed by atoms with Gasteiger partial charge in [-0.1, -0.05) is 37.1 Å². The number of carbonyl (C=O) groups is 6. The number of phenolic OH excluding ortho intramolecular Hbond substituents is 2. The lowest BCUT2D eigenvalue weighted by Crippen LogP contribution is -2.29. The summed E-state index contributed by atoms with van der Waals surface area (Å²) in [5.41, 5.74) is 2.39. The summed E-state index contributed by atoms with van der Waals surface area (Å²) >= 11 is 0. The van der Waals surface area contributed by atoms with E-state index in [0.717, 1.165) is 38.8 Å². The number of rotatable bonds is 20. The molecule has 2 aromatic rings. The van der Waals surface area contributed by atoms with Crippen molar-refractivity contribution in [1.29, 1.82) is 0 Å². The van der Waals surface area contributed by atoms with Gasteiger partial charge >= 0.3 is 0 Å². The molecule has 0 saturated carbocycles. The largest absolute Gasteiger partial charge is 0.507 e. The van der Waals surface area contributed by atoms with Gasteiger partial charge in [-0.15, -0.1) is 0 Å². The molecule has 11 nitrogen and oxygen atoms in total. The fourth-order valence-electron chi connectivity index (χ4n) is 6.57. The van der Waals surface area contributed by atoms with Gasteiger partial charge in [0.05, 0.1) is 11.1 Å². The summed E-state index contributed by atoms with van der Waals surface area (Å²) in [5, 5.41) is 29.4. The van der Waals surface area contributed by atoms with Gasteiger partial charge in [0.1, 0.15) is 11.5 Å². The maximum atomic E-state index is 12.9. The minimum absolute atomic E-state index is 0.0216. The SMILES string of the molecule is CC1=C(CCCCCC(=O)NCCCNCCCNC(=O)CCCCCC2=C(C)C(=O)c3cccc(O)c3C2=O)C(=O)c2c(O)cccc2C1=O. The van der Waals surface area contributed by atoms with E-state index >= 15 is 0 Å². The molecule has 2 aliphatic rings. The van der Waals surface area contributed by atoms with E-state index in [0.29, 0.717) is 86.7 Å². The predicted molar refractivity (Wildman–Crippen MR) is 193 cm³/mol. The Labute approximate surface area is 299 Å². The van der Waals surface area contributed by atoms with Crippen molar-refractivity contribution < 1.29 is 39.0 Å². The van der Waals surface area contributed by atoms with Crippen LogP contribution in [0.4, 0.5) is 0 Å². The van der Waals surface area contributed by atoms with Crippen LogP contribution in [-0.4, -0.2) is 71.3 Å². The molecule has 0 bridgehead atoms. The molecular weight excluding hydrogens is 650 g/mol. The van der Waals surface area contributed by atoms with Crippen molar-refractivity contribution in [2.24, 2.45) is 0 Å². The van der Waals surface area contributed by atoms with Crippen LogP contribution in [0.15, 0.2) is 58.7 Å². The number of aromatic hydroxyl groups is 2. The summed E-state index contributed by atoms with van der Waals surface area (Å²) in [6, 6.07) is 9.06. The summed E-state index contributed by atoms with van der Waals surface area (Å²) in [7, 11) is 0. The molecule has 51 heavy (non-hydrogen) atoms. The molecule has 11 heteroatoms. The van der Waals surface area contributed by atoms with Crippen LogP contribution < -0.4 is 16.0 Å². The number of allylic oxidation sites excluding steroid dienone is 4. The lowest BCUT2D eigenvalue weighted by molar-refractivity contribution is -0.122. The molecule has 4 rings (SSSR count). The first-order valence-electron chi connectivity index (χ1n) is 18.0. The van der Waals surface area contributed by atoms with E-state index in [1.807, 2.05) is 0 Å². The van der Waals surface area contributed by atoms with Gasteiger partial charge in [0.2, 0.25) is 11.8 Å². The van der Waals surface area contributed by atoms with Crippen molar-refractivity contribution in [2.45, 2.75) is 90.9 Å². The number of fused-ring (bicyclic) bond motifs is 2. The van der Waals surface area contributed by atoms with Crippen LogP contribution in [0.1, 0.15) is 132 Å². The zero-order valence-electron chi connectivity index (χ0n) is 29.6. The quantitative estimate of drug-likeness (QED) is 0.109. The van der Waals surface area contributed by atoms with E-state index in [1.54, 1.807) is 38.1 Å². The fourth-order valence-corrected chi connectivity index (χ4v) is 6.57. The number of unbranched alkanes of at least 4 members (excludes halogenated alkanes) is 4. The van der Waals surface area contributed by atoms with Crippen LogP contribution in [-0.2, 0) is 9.59 Å². The van der Waals surface area contributed by atoms with Gasteiger partial charge in [-0.05, 0) is 90.4 Å². The third kappa shape index (κ3) is 10.1. The summed E-state index contributed by atoms with van der Waals surface area (Å²) in [4.78, 5) is 75.5. The molecular formula is C40H49N3O8. The Morgan fingerprint density at radius 2 is 0.941 bits per heavy atom. The third-order valence-corrected chi connectivity index (χ3v) is 9.53. The maximum absolute atomic E-state index is 12.9. The molecule has 2 amide bonds. The van der Waals surface area contributed by atoms with Crippen LogP contribution in [0.25, 0.3) is 0 Å². The molecule has 2 aromatic carbocycles. The third-order valence-electron chi connectivity index (χ3n) is 9.53. The van der Waals surface area contributed by atoms with Gasteiger partial charge in [-0.3, -0.25) is 28.8 Å². The molecule has 0 aliphatic heterocycles. The predicted octanol–water partition coefficient (Wildman–Crippen LogP) is 5.69. The topological polar surface area (TPSA) is 179 Å². The monoisotopic (exact) mass is 699 g/mol. The molecule has 0 heterocycles. The number of ketones is 4. The fraction of sp³-hybridized carbons (Fsp3) is 0.450. The summed E-state index contributed by atoms with van der Waals surface area (Å²) in [5.74, 6) is -1.45. The van der Waals surface area contributed by atoms with E-state index in [4.69, 9.17) is 0 Å². The first-order valence-corrected chi connectivity index (χ1v) is 18.0. The minimum Gasteiger partial charge on any atom is -0.507 e. The molecule has 0 unspecified atom stereocenters. The van der Waals surface area contributed by atoms with Crippen molar-refractivity contribution in [3.05, 3.63) is 80.9 Å². The molecule has 0 spiro atoms. The maximum Gasteiger partial charge on any atom is 0.219 e. The van der Waals surface area contributed by atoms with E-state index in [2.05, 4.69) is 16.0 Å². The van der Waals surface area contributed by atoms with E-state index in [9.17, 15) is 39.0 Å². The van der Waals surface area contributed by atoms with Gasteiger partial charge in [-0.25, -0.2) is 0 Å². The number of benzene rings is 2. The van der Waals surface area contributed by atoms with Gasteiger partial charge in [-0.2, -0.15) is 0 Å². The number of phenols is 2. The van der Waals surface area contributed by atoms with E-state index < -0.39 is 0 Å². The highest BCUT2D eigenvalue weighted by atomic mass is 16.3. The number of Topliss-reactive ketones (excluding diaryl/α,β-unsaturated/α-hetero) is 4. The molecule has 0 saturated heterocycles. The number of hydrogen-bond acceptors (Lipinski definition) is 9. The molecule has 0 aromatic heterocycles. The second-order valence-corrected chi connectivity index (χ2v) is 13.2. The average Bonchev–Trinajstić information content (AvgIpc) is 3.11. The molecule has 2 aliphatic carbocycles. The Hall–Kier alpha value is -4.90. The van der Waals surface area contributed by atoms with Gasteiger partial charge < -0.3 is 26.2 Å². The second kappa shape index (κ2) is 18.9. The Kier molecular flexibility index (Phi) is 14.4. The van der Waals surface area contributed by atoms with Crippen LogP contribution in [0, 0.1) is 0 Å².